The highest BCUT2D eigenvalue weighted by atomic mass is 16.1. The molecule has 1 N–H and O–H groups in total. The Morgan fingerprint density at radius 2 is 1.68 bits per heavy atom. The summed E-state index contributed by atoms with van der Waals surface area (Å²) in [5, 5.41) is 5.29. The van der Waals surface area contributed by atoms with Gasteiger partial charge in [0.05, 0.1) is 6.42 Å². The minimum atomic E-state index is 0.0160. The number of nitrogens with one attached hydrogen (secondary N) is 1. The molecular formula is C20H19NO. The maximum Gasteiger partial charge on any atom is 0.228 e. The highest BCUT2D eigenvalue weighted by Gasteiger charge is 2.07. The normalized spacial score (nSPS) is 10.6. The van der Waals surface area contributed by atoms with Crippen LogP contribution >= 0.6 is 0 Å². The van der Waals surface area contributed by atoms with E-state index in [1.807, 2.05) is 49.4 Å². The maximum absolute atomic E-state index is 12.2. The Balaban J connectivity index is 1.75. The summed E-state index contributed by atoms with van der Waals surface area (Å²) in [7, 11) is 0. The molecule has 0 aliphatic carbocycles. The summed E-state index contributed by atoms with van der Waals surface area (Å²) < 4.78 is 0. The molecule has 3 aromatic rings. The lowest BCUT2D eigenvalue weighted by molar-refractivity contribution is -0.115. The number of benzene rings is 3. The summed E-state index contributed by atoms with van der Waals surface area (Å²) in [6, 6.07) is 20.3. The highest BCUT2D eigenvalue weighted by molar-refractivity contribution is 5.95. The molecule has 22 heavy (non-hydrogen) atoms. The number of fused-ring (bicyclic) bond motifs is 1. The number of hydrogen-bond acceptors (Lipinski definition) is 1. The molecule has 0 aliphatic rings. The third-order valence-electron chi connectivity index (χ3n) is 3.88. The van der Waals surface area contributed by atoms with Crippen LogP contribution in [0.5, 0.6) is 0 Å². The molecule has 3 rings (SSSR count). The van der Waals surface area contributed by atoms with E-state index in [0.29, 0.717) is 6.42 Å². The number of carbonyl (C=O) groups is 1. The number of rotatable bonds is 3. The molecule has 0 heterocycles. The fourth-order valence-electron chi connectivity index (χ4n) is 2.69. The first kappa shape index (κ1) is 14.3. The molecule has 110 valence electrons. The van der Waals surface area contributed by atoms with Gasteiger partial charge < -0.3 is 5.32 Å². The van der Waals surface area contributed by atoms with Crippen LogP contribution in [0.1, 0.15) is 16.7 Å². The van der Waals surface area contributed by atoms with Crippen molar-refractivity contribution in [2.45, 2.75) is 20.3 Å². The molecule has 0 spiro atoms. The van der Waals surface area contributed by atoms with Gasteiger partial charge in [0.25, 0.3) is 0 Å². The minimum absolute atomic E-state index is 0.0160. The number of hydrogen-bond donors (Lipinski definition) is 1. The third-order valence-corrected chi connectivity index (χ3v) is 3.88. The van der Waals surface area contributed by atoms with Crippen LogP contribution in [0.3, 0.4) is 0 Å². The van der Waals surface area contributed by atoms with Crippen molar-refractivity contribution in [1.82, 2.24) is 0 Å². The predicted octanol–water partition coefficient (Wildman–Crippen LogP) is 4.64. The highest BCUT2D eigenvalue weighted by Crippen LogP contribution is 2.19. The topological polar surface area (TPSA) is 29.1 Å². The second-order valence-corrected chi connectivity index (χ2v) is 5.72. The fourth-order valence-corrected chi connectivity index (χ4v) is 2.69. The van der Waals surface area contributed by atoms with Gasteiger partial charge in [-0.3, -0.25) is 4.79 Å². The molecule has 0 saturated carbocycles. The average molecular weight is 289 g/mol. The Morgan fingerprint density at radius 1 is 0.909 bits per heavy atom. The standard InChI is InChI=1S/C20H19NO/c1-14-7-8-17(15(2)11-14)13-20(22)21-19-10-9-16-5-3-4-6-18(16)12-19/h3-12H,13H2,1-2H3,(H,21,22). The second kappa shape index (κ2) is 6.02. The summed E-state index contributed by atoms with van der Waals surface area (Å²) in [5.41, 5.74) is 4.29. The molecule has 0 aliphatic heterocycles. The lowest BCUT2D eigenvalue weighted by Gasteiger charge is -2.09. The Labute approximate surface area is 130 Å². The van der Waals surface area contributed by atoms with Crippen LogP contribution in [0.25, 0.3) is 10.8 Å². The maximum atomic E-state index is 12.2. The molecule has 3 aromatic carbocycles. The summed E-state index contributed by atoms with van der Waals surface area (Å²) in [4.78, 5) is 12.2. The van der Waals surface area contributed by atoms with E-state index in [2.05, 4.69) is 30.4 Å². The molecule has 0 saturated heterocycles. The van der Waals surface area contributed by atoms with Gasteiger partial charge in [-0.1, -0.05) is 54.1 Å². The predicted molar refractivity (Wildman–Crippen MR) is 92.2 cm³/mol. The van der Waals surface area contributed by atoms with Crippen molar-refractivity contribution in [2.75, 3.05) is 5.32 Å². The van der Waals surface area contributed by atoms with Crippen molar-refractivity contribution in [1.29, 1.82) is 0 Å². The summed E-state index contributed by atoms with van der Waals surface area (Å²) in [6.45, 7) is 4.11. The van der Waals surface area contributed by atoms with E-state index >= 15 is 0 Å². The number of amides is 1. The van der Waals surface area contributed by atoms with Crippen molar-refractivity contribution >= 4 is 22.4 Å². The van der Waals surface area contributed by atoms with Gasteiger partial charge in [0, 0.05) is 5.69 Å². The summed E-state index contributed by atoms with van der Waals surface area (Å²) >= 11 is 0. The van der Waals surface area contributed by atoms with Gasteiger partial charge in [0.2, 0.25) is 5.91 Å². The van der Waals surface area contributed by atoms with Crippen LogP contribution in [-0.4, -0.2) is 5.91 Å². The van der Waals surface area contributed by atoms with Crippen molar-refractivity contribution in [3.05, 3.63) is 77.4 Å². The zero-order chi connectivity index (χ0) is 15.5. The van der Waals surface area contributed by atoms with Crippen LogP contribution < -0.4 is 5.32 Å². The quantitative estimate of drug-likeness (QED) is 0.748. The first-order chi connectivity index (χ1) is 10.6. The van der Waals surface area contributed by atoms with Gasteiger partial charge in [-0.2, -0.15) is 0 Å². The fraction of sp³-hybridized carbons (Fsp3) is 0.150. The molecule has 0 aromatic heterocycles. The van der Waals surface area contributed by atoms with E-state index in [0.717, 1.165) is 22.2 Å². The van der Waals surface area contributed by atoms with Gasteiger partial charge in [-0.15, -0.1) is 0 Å². The Kier molecular flexibility index (Phi) is 3.92. The van der Waals surface area contributed by atoms with E-state index in [-0.39, 0.29) is 5.91 Å². The van der Waals surface area contributed by atoms with E-state index in [1.165, 1.54) is 10.9 Å². The van der Waals surface area contributed by atoms with Crippen LogP contribution in [0, 0.1) is 13.8 Å². The number of aryl methyl sites for hydroxylation is 2. The Hall–Kier alpha value is -2.61. The molecule has 0 fully saturated rings. The monoisotopic (exact) mass is 289 g/mol. The van der Waals surface area contributed by atoms with Crippen LogP contribution in [0.2, 0.25) is 0 Å². The number of carbonyl (C=O) groups excluding carboxylic acids is 1. The van der Waals surface area contributed by atoms with E-state index in [9.17, 15) is 4.79 Å². The van der Waals surface area contributed by atoms with Gasteiger partial charge in [-0.25, -0.2) is 0 Å². The molecule has 0 radical (unpaired) electrons. The van der Waals surface area contributed by atoms with E-state index in [1.54, 1.807) is 0 Å². The van der Waals surface area contributed by atoms with Gasteiger partial charge in [-0.05, 0) is 47.9 Å². The lowest BCUT2D eigenvalue weighted by atomic mass is 10.0. The third kappa shape index (κ3) is 3.17. The zero-order valence-electron chi connectivity index (χ0n) is 12.9. The van der Waals surface area contributed by atoms with Gasteiger partial charge in [0.1, 0.15) is 0 Å². The molecule has 0 atom stereocenters. The van der Waals surface area contributed by atoms with Gasteiger partial charge >= 0.3 is 0 Å². The molecular weight excluding hydrogens is 270 g/mol. The molecule has 1 amide bonds. The minimum Gasteiger partial charge on any atom is -0.326 e. The van der Waals surface area contributed by atoms with Crippen molar-refractivity contribution in [2.24, 2.45) is 0 Å². The van der Waals surface area contributed by atoms with Crippen molar-refractivity contribution in [3.8, 4) is 0 Å². The molecule has 2 nitrogen and oxygen atoms in total. The molecule has 2 heteroatoms. The summed E-state index contributed by atoms with van der Waals surface area (Å²) in [6.07, 6.45) is 0.402. The molecule has 0 bridgehead atoms. The smallest absolute Gasteiger partial charge is 0.228 e. The van der Waals surface area contributed by atoms with Crippen molar-refractivity contribution in [3.63, 3.8) is 0 Å². The first-order valence-electron chi connectivity index (χ1n) is 7.46. The van der Waals surface area contributed by atoms with Gasteiger partial charge in [0.15, 0.2) is 0 Å². The lowest BCUT2D eigenvalue weighted by Crippen LogP contribution is -2.15. The first-order valence-corrected chi connectivity index (χ1v) is 7.46. The van der Waals surface area contributed by atoms with E-state index < -0.39 is 0 Å². The van der Waals surface area contributed by atoms with Crippen LogP contribution in [-0.2, 0) is 11.2 Å². The zero-order valence-corrected chi connectivity index (χ0v) is 12.9. The van der Waals surface area contributed by atoms with Crippen molar-refractivity contribution < 1.29 is 4.79 Å². The van der Waals surface area contributed by atoms with Crippen LogP contribution in [0.4, 0.5) is 5.69 Å². The SMILES string of the molecule is Cc1ccc(CC(=O)Nc2ccc3ccccc3c2)c(C)c1. The summed E-state index contributed by atoms with van der Waals surface area (Å²) in [5.74, 6) is 0.0160. The average Bonchev–Trinajstić information content (AvgIpc) is 2.50. The number of anilines is 1. The molecule has 0 unspecified atom stereocenters. The van der Waals surface area contributed by atoms with E-state index in [4.69, 9.17) is 0 Å². The Morgan fingerprint density at radius 3 is 2.45 bits per heavy atom. The Bertz CT molecular complexity index is 836. The largest absolute Gasteiger partial charge is 0.326 e. The second-order valence-electron chi connectivity index (χ2n) is 5.72. The van der Waals surface area contributed by atoms with Crippen LogP contribution in [0.15, 0.2) is 60.7 Å².